The lowest BCUT2D eigenvalue weighted by Gasteiger charge is -2.17. The highest BCUT2D eigenvalue weighted by Gasteiger charge is 2.37. The summed E-state index contributed by atoms with van der Waals surface area (Å²) in [6.07, 6.45) is 2.62. The second-order valence-corrected chi connectivity index (χ2v) is 2.94. The third-order valence-corrected chi connectivity index (χ3v) is 1.97. The lowest BCUT2D eigenvalue weighted by atomic mass is 10.0. The van der Waals surface area contributed by atoms with Gasteiger partial charge in [0.15, 0.2) is 6.10 Å². The summed E-state index contributed by atoms with van der Waals surface area (Å²) in [7, 11) is 1.46. The van der Waals surface area contributed by atoms with E-state index in [9.17, 15) is 13.9 Å². The van der Waals surface area contributed by atoms with Crippen molar-refractivity contribution in [3.63, 3.8) is 0 Å². The number of alkyl halides is 2. The number of benzene rings is 1. The van der Waals surface area contributed by atoms with Gasteiger partial charge in [-0.1, -0.05) is 12.1 Å². The molecule has 1 aromatic rings. The first-order valence-electron chi connectivity index (χ1n) is 4.19. The zero-order valence-electron chi connectivity index (χ0n) is 8.08. The van der Waals surface area contributed by atoms with Gasteiger partial charge in [0.1, 0.15) is 5.75 Å². The number of halogens is 2. The highest BCUT2D eigenvalue weighted by atomic mass is 19.3. The third kappa shape index (κ3) is 2.45. The minimum absolute atomic E-state index is 0.0544. The molecule has 0 amide bonds. The van der Waals surface area contributed by atoms with Gasteiger partial charge in [0.25, 0.3) is 0 Å². The fourth-order valence-electron chi connectivity index (χ4n) is 1.07. The van der Waals surface area contributed by atoms with Crippen molar-refractivity contribution < 1.29 is 18.6 Å². The molecule has 80 valence electrons. The lowest BCUT2D eigenvalue weighted by molar-refractivity contribution is -0.0634. The molecule has 1 aromatic carbocycles. The number of aliphatic hydroxyl groups is 1. The highest BCUT2D eigenvalue weighted by Crippen LogP contribution is 2.31. The summed E-state index contributed by atoms with van der Waals surface area (Å²) in [5.41, 5.74) is 0.0544. The van der Waals surface area contributed by atoms with Crippen LogP contribution in [-0.2, 0) is 0 Å². The summed E-state index contributed by atoms with van der Waals surface area (Å²) < 4.78 is 30.6. The highest BCUT2D eigenvalue weighted by molar-refractivity contribution is 5.30. The summed E-state index contributed by atoms with van der Waals surface area (Å²) in [6, 6.07) is 5.64. The molecule has 0 saturated heterocycles. The van der Waals surface area contributed by atoms with Gasteiger partial charge in [-0.05, 0) is 23.6 Å². The monoisotopic (exact) mass is 212 g/mol. The Balaban J connectivity index is 2.93. The van der Waals surface area contributed by atoms with Gasteiger partial charge in [-0.25, -0.2) is 0 Å². The maximum Gasteiger partial charge on any atom is 0.337 e. The minimum Gasteiger partial charge on any atom is -0.497 e. The second kappa shape index (κ2) is 4.28. The van der Waals surface area contributed by atoms with Crippen molar-refractivity contribution >= 4 is 0 Å². The molecule has 1 rings (SSSR count). The fraction of sp³-hybridized carbons (Fsp3) is 0.273. The van der Waals surface area contributed by atoms with Crippen LogP contribution >= 0.6 is 0 Å². The maximum atomic E-state index is 12.9. The molecule has 0 aromatic heterocycles. The molecule has 0 fully saturated rings. The zero-order valence-corrected chi connectivity index (χ0v) is 8.08. The van der Waals surface area contributed by atoms with Gasteiger partial charge in [-0.2, -0.15) is 8.78 Å². The number of aliphatic hydroxyl groups excluding tert-OH is 1. The molecular formula is C11H10F2O2. The van der Waals surface area contributed by atoms with Crippen molar-refractivity contribution in [1.29, 1.82) is 0 Å². The molecule has 1 atom stereocenters. The van der Waals surface area contributed by atoms with Crippen molar-refractivity contribution in [3.8, 4) is 18.1 Å². The van der Waals surface area contributed by atoms with Gasteiger partial charge in [-0.15, -0.1) is 6.42 Å². The smallest absolute Gasteiger partial charge is 0.337 e. The Morgan fingerprint density at radius 3 is 2.33 bits per heavy atom. The Morgan fingerprint density at radius 2 is 1.93 bits per heavy atom. The van der Waals surface area contributed by atoms with E-state index < -0.39 is 12.0 Å². The van der Waals surface area contributed by atoms with Crippen LogP contribution in [0.2, 0.25) is 0 Å². The van der Waals surface area contributed by atoms with E-state index in [4.69, 9.17) is 4.74 Å². The average molecular weight is 212 g/mol. The van der Waals surface area contributed by atoms with Crippen molar-refractivity contribution in [2.24, 2.45) is 0 Å². The van der Waals surface area contributed by atoms with Crippen LogP contribution in [0.4, 0.5) is 8.78 Å². The Bertz CT molecular complexity index is 365. The lowest BCUT2D eigenvalue weighted by Crippen LogP contribution is -2.23. The van der Waals surface area contributed by atoms with Crippen molar-refractivity contribution in [2.45, 2.75) is 12.0 Å². The van der Waals surface area contributed by atoms with E-state index in [1.54, 1.807) is 0 Å². The predicted octanol–water partition coefficient (Wildman–Crippen LogP) is 2.00. The van der Waals surface area contributed by atoms with Crippen molar-refractivity contribution in [2.75, 3.05) is 7.11 Å². The van der Waals surface area contributed by atoms with E-state index in [1.165, 1.54) is 37.3 Å². The van der Waals surface area contributed by atoms with Gasteiger partial charge in [0.2, 0.25) is 0 Å². The molecule has 0 heterocycles. The Kier molecular flexibility index (Phi) is 3.28. The zero-order chi connectivity index (χ0) is 11.5. The van der Waals surface area contributed by atoms with Crippen LogP contribution in [0.25, 0.3) is 0 Å². The van der Waals surface area contributed by atoms with Crippen LogP contribution < -0.4 is 4.74 Å². The quantitative estimate of drug-likeness (QED) is 0.776. The van der Waals surface area contributed by atoms with Crippen molar-refractivity contribution in [3.05, 3.63) is 29.8 Å². The Hall–Kier alpha value is -1.60. The van der Waals surface area contributed by atoms with Gasteiger partial charge in [-0.3, -0.25) is 0 Å². The number of terminal acetylenes is 1. The minimum atomic E-state index is -3.56. The number of hydrogen-bond donors (Lipinski definition) is 1. The maximum absolute atomic E-state index is 12.9. The van der Waals surface area contributed by atoms with Gasteiger partial charge in [0, 0.05) is 0 Å². The first kappa shape index (κ1) is 11.5. The molecule has 0 saturated carbocycles. The van der Waals surface area contributed by atoms with Crippen LogP contribution in [0.5, 0.6) is 5.75 Å². The summed E-state index contributed by atoms with van der Waals surface area (Å²) in [6.45, 7) is 0. The Labute approximate surface area is 86.5 Å². The first-order chi connectivity index (χ1) is 7.01. The van der Waals surface area contributed by atoms with Gasteiger partial charge >= 0.3 is 5.92 Å². The molecule has 2 nitrogen and oxygen atoms in total. The van der Waals surface area contributed by atoms with E-state index in [0.29, 0.717) is 5.75 Å². The molecule has 0 aliphatic carbocycles. The summed E-state index contributed by atoms with van der Waals surface area (Å²) in [4.78, 5) is 0. The number of rotatable bonds is 3. The van der Waals surface area contributed by atoms with Crippen LogP contribution in [0.15, 0.2) is 24.3 Å². The molecule has 0 spiro atoms. The number of ether oxygens (including phenoxy) is 1. The van der Waals surface area contributed by atoms with E-state index in [-0.39, 0.29) is 5.56 Å². The van der Waals surface area contributed by atoms with Crippen LogP contribution in [0.3, 0.4) is 0 Å². The molecule has 15 heavy (non-hydrogen) atoms. The van der Waals surface area contributed by atoms with Crippen LogP contribution in [0, 0.1) is 12.3 Å². The third-order valence-electron chi connectivity index (χ3n) is 1.97. The predicted molar refractivity (Wildman–Crippen MR) is 51.7 cm³/mol. The van der Waals surface area contributed by atoms with Crippen molar-refractivity contribution in [1.82, 2.24) is 0 Å². The summed E-state index contributed by atoms with van der Waals surface area (Å²) in [5.74, 6) is -1.78. The average Bonchev–Trinajstić information content (AvgIpc) is 2.28. The van der Waals surface area contributed by atoms with E-state index in [2.05, 4.69) is 6.42 Å². The van der Waals surface area contributed by atoms with Crippen LogP contribution in [0.1, 0.15) is 11.7 Å². The normalized spacial score (nSPS) is 13.0. The fourth-order valence-corrected chi connectivity index (χ4v) is 1.07. The Morgan fingerprint density at radius 1 is 1.40 bits per heavy atom. The largest absolute Gasteiger partial charge is 0.497 e. The summed E-state index contributed by atoms with van der Waals surface area (Å²) >= 11 is 0. The molecule has 4 heteroatoms. The number of methoxy groups -OCH3 is 1. The van der Waals surface area contributed by atoms with E-state index >= 15 is 0 Å². The molecule has 0 bridgehead atoms. The molecule has 1 unspecified atom stereocenters. The molecule has 0 radical (unpaired) electrons. The van der Waals surface area contributed by atoms with Gasteiger partial charge < -0.3 is 9.84 Å². The van der Waals surface area contributed by atoms with Crippen LogP contribution in [-0.4, -0.2) is 18.1 Å². The van der Waals surface area contributed by atoms with E-state index in [0.717, 1.165) is 0 Å². The second-order valence-electron chi connectivity index (χ2n) is 2.94. The van der Waals surface area contributed by atoms with E-state index in [1.807, 2.05) is 0 Å². The topological polar surface area (TPSA) is 29.5 Å². The standard InChI is InChI=1S/C11H10F2O2/c1-3-11(12,13)10(14)8-4-6-9(15-2)7-5-8/h1,4-7,10,14H,2H3. The SMILES string of the molecule is C#CC(F)(F)C(O)c1ccc(OC)cc1. The molecule has 1 N–H and O–H groups in total. The summed E-state index contributed by atoms with van der Waals surface area (Å²) in [5, 5.41) is 9.28. The number of hydrogen-bond acceptors (Lipinski definition) is 2. The molecule has 0 aliphatic rings. The first-order valence-corrected chi connectivity index (χ1v) is 4.19. The van der Waals surface area contributed by atoms with Gasteiger partial charge in [0.05, 0.1) is 7.11 Å². The molecule has 0 aliphatic heterocycles. The molecular weight excluding hydrogens is 202 g/mol.